The number of aliphatic imine (C=N–C) groups is 1. The van der Waals surface area contributed by atoms with Gasteiger partial charge in [0.1, 0.15) is 5.75 Å². The highest BCUT2D eigenvalue weighted by atomic mass is 16.5. The van der Waals surface area contributed by atoms with E-state index >= 15 is 0 Å². The third kappa shape index (κ3) is 10.9. The van der Waals surface area contributed by atoms with Crippen LogP contribution in [0.3, 0.4) is 0 Å². The maximum Gasteiger partial charge on any atom is 0.330 e. The average molecular weight is 598 g/mol. The van der Waals surface area contributed by atoms with E-state index in [2.05, 4.69) is 41.8 Å². The Kier molecular flexibility index (Phi) is 12.6. The van der Waals surface area contributed by atoms with E-state index in [-0.39, 0.29) is 5.97 Å². The predicted octanol–water partition coefficient (Wildman–Crippen LogP) is 7.89. The minimum Gasteiger partial charge on any atom is -0.494 e. The summed E-state index contributed by atoms with van der Waals surface area (Å²) in [6, 6.07) is 24.2. The number of fused-ring (bicyclic) bond motifs is 2. The summed E-state index contributed by atoms with van der Waals surface area (Å²) in [6.07, 6.45) is 8.20. The van der Waals surface area contributed by atoms with Gasteiger partial charge in [0.25, 0.3) is 0 Å². The normalized spacial score (nSPS) is 10.4. The van der Waals surface area contributed by atoms with E-state index < -0.39 is 5.97 Å². The SMILES string of the molecule is C=CC(=O)OCCCC=Nc1ccc2cc(C#CC#Cc3ccc4cc(OCCCCCOC(=O)C=C)ccc4c3)ccc2c1. The van der Waals surface area contributed by atoms with Crippen LogP contribution >= 0.6 is 0 Å². The molecule has 0 unspecified atom stereocenters. The summed E-state index contributed by atoms with van der Waals surface area (Å²) < 4.78 is 15.8. The Morgan fingerprint density at radius 1 is 0.644 bits per heavy atom. The topological polar surface area (TPSA) is 74.2 Å². The van der Waals surface area contributed by atoms with Gasteiger partial charge in [-0.1, -0.05) is 49.3 Å². The first kappa shape index (κ1) is 32.3. The highest BCUT2D eigenvalue weighted by Gasteiger charge is 2.01. The molecule has 226 valence electrons. The standard InChI is InChI=1S/C39H35NO5/c1-3-38(41)44-24-10-5-9-23-43-37-21-19-33-27-31(15-17-35(33)29-37)13-7-6-12-30-14-16-34-28-36(20-18-32(34)26-30)40-22-8-11-25-45-39(42)4-2/h3-4,14-22,26-29H,1-2,5,8-11,23-25H2. The fourth-order valence-electron chi connectivity index (χ4n) is 4.37. The second kappa shape index (κ2) is 17.5. The molecule has 4 aromatic carbocycles. The monoisotopic (exact) mass is 597 g/mol. The predicted molar refractivity (Wildman–Crippen MR) is 181 cm³/mol. The first-order valence-electron chi connectivity index (χ1n) is 14.9. The van der Waals surface area contributed by atoms with Gasteiger partial charge in [-0.25, -0.2) is 9.59 Å². The summed E-state index contributed by atoms with van der Waals surface area (Å²) >= 11 is 0. The fraction of sp³-hybridized carbons (Fsp3) is 0.205. The third-order valence-electron chi connectivity index (χ3n) is 6.71. The zero-order valence-corrected chi connectivity index (χ0v) is 25.2. The second-order valence-electron chi connectivity index (χ2n) is 10.1. The molecule has 0 aliphatic rings. The zero-order valence-electron chi connectivity index (χ0n) is 25.2. The van der Waals surface area contributed by atoms with E-state index in [0.29, 0.717) is 32.7 Å². The van der Waals surface area contributed by atoms with Crippen LogP contribution in [0.15, 0.2) is 103 Å². The Bertz CT molecular complexity index is 1830. The molecule has 0 N–H and O–H groups in total. The highest BCUT2D eigenvalue weighted by molar-refractivity contribution is 5.87. The summed E-state index contributed by atoms with van der Waals surface area (Å²) in [5.74, 6) is 12.2. The van der Waals surface area contributed by atoms with Crippen LogP contribution in [0.4, 0.5) is 5.69 Å². The van der Waals surface area contributed by atoms with E-state index in [1.165, 1.54) is 6.08 Å². The van der Waals surface area contributed by atoms with Crippen molar-refractivity contribution in [2.75, 3.05) is 19.8 Å². The summed E-state index contributed by atoms with van der Waals surface area (Å²) in [5.41, 5.74) is 2.66. The number of hydrogen-bond acceptors (Lipinski definition) is 6. The van der Waals surface area contributed by atoms with Gasteiger partial charge < -0.3 is 14.2 Å². The molecule has 4 rings (SSSR count). The van der Waals surface area contributed by atoms with Gasteiger partial charge >= 0.3 is 11.9 Å². The van der Waals surface area contributed by atoms with Crippen LogP contribution in [-0.2, 0) is 19.1 Å². The van der Waals surface area contributed by atoms with Crippen molar-refractivity contribution in [1.29, 1.82) is 0 Å². The number of carbonyl (C=O) groups is 2. The van der Waals surface area contributed by atoms with Crippen LogP contribution in [0.25, 0.3) is 21.5 Å². The molecule has 0 fully saturated rings. The molecule has 0 aromatic heterocycles. The van der Waals surface area contributed by atoms with Gasteiger partial charge in [0.15, 0.2) is 0 Å². The molecule has 0 heterocycles. The van der Waals surface area contributed by atoms with E-state index in [9.17, 15) is 9.59 Å². The molecule has 0 saturated heterocycles. The van der Waals surface area contributed by atoms with E-state index in [1.54, 1.807) is 0 Å². The Morgan fingerprint density at radius 2 is 1.20 bits per heavy atom. The number of hydrogen-bond donors (Lipinski definition) is 0. The highest BCUT2D eigenvalue weighted by Crippen LogP contribution is 2.23. The van der Waals surface area contributed by atoms with Crippen molar-refractivity contribution in [2.24, 2.45) is 4.99 Å². The molecular formula is C39H35NO5. The molecule has 4 aromatic rings. The average Bonchev–Trinajstić information content (AvgIpc) is 3.07. The first-order valence-corrected chi connectivity index (χ1v) is 14.9. The quantitative estimate of drug-likeness (QED) is 0.0486. The lowest BCUT2D eigenvalue weighted by atomic mass is 10.1. The lowest BCUT2D eigenvalue weighted by Gasteiger charge is -2.08. The molecule has 6 heteroatoms. The van der Waals surface area contributed by atoms with Crippen LogP contribution in [0.2, 0.25) is 0 Å². The summed E-state index contributed by atoms with van der Waals surface area (Å²) in [5, 5.41) is 4.32. The molecule has 0 spiro atoms. The lowest BCUT2D eigenvalue weighted by Crippen LogP contribution is -2.03. The Hall–Kier alpha value is -5.59. The van der Waals surface area contributed by atoms with Crippen LogP contribution in [-0.4, -0.2) is 38.0 Å². The number of unbranched alkanes of at least 4 members (excludes halogenated alkanes) is 3. The van der Waals surface area contributed by atoms with Crippen LogP contribution in [0.5, 0.6) is 5.75 Å². The number of benzene rings is 4. The molecule has 0 amide bonds. The van der Waals surface area contributed by atoms with E-state index in [0.717, 1.165) is 69.4 Å². The zero-order chi connectivity index (χ0) is 31.7. The van der Waals surface area contributed by atoms with Crippen LogP contribution in [0, 0.1) is 23.7 Å². The minimum atomic E-state index is -0.406. The lowest BCUT2D eigenvalue weighted by molar-refractivity contribution is -0.138. The van der Waals surface area contributed by atoms with Crippen molar-refractivity contribution in [2.45, 2.75) is 32.1 Å². The number of rotatable bonds is 14. The summed E-state index contributed by atoms with van der Waals surface area (Å²) in [6.45, 7) is 8.12. The van der Waals surface area contributed by atoms with Gasteiger partial charge in [-0.3, -0.25) is 4.99 Å². The molecule has 0 atom stereocenters. The smallest absolute Gasteiger partial charge is 0.330 e. The number of carbonyl (C=O) groups excluding carboxylic acids is 2. The van der Waals surface area contributed by atoms with Gasteiger partial charge in [0.2, 0.25) is 0 Å². The molecular weight excluding hydrogens is 562 g/mol. The molecule has 0 aliphatic carbocycles. The number of esters is 2. The van der Waals surface area contributed by atoms with Crippen molar-refractivity contribution in [3.63, 3.8) is 0 Å². The maximum absolute atomic E-state index is 11.1. The third-order valence-corrected chi connectivity index (χ3v) is 6.71. The molecule has 0 aliphatic heterocycles. The fourth-order valence-corrected chi connectivity index (χ4v) is 4.37. The van der Waals surface area contributed by atoms with Crippen molar-refractivity contribution in [1.82, 2.24) is 0 Å². The Morgan fingerprint density at radius 3 is 1.87 bits per heavy atom. The number of ether oxygens (including phenoxy) is 3. The van der Waals surface area contributed by atoms with Gasteiger partial charge in [0.05, 0.1) is 25.5 Å². The molecule has 0 bridgehead atoms. The van der Waals surface area contributed by atoms with Crippen molar-refractivity contribution in [3.05, 3.63) is 109 Å². The van der Waals surface area contributed by atoms with Crippen molar-refractivity contribution in [3.8, 4) is 29.4 Å². The van der Waals surface area contributed by atoms with Gasteiger partial charge in [-0.05, 0) is 114 Å². The maximum atomic E-state index is 11.1. The molecule has 45 heavy (non-hydrogen) atoms. The molecule has 0 saturated carbocycles. The summed E-state index contributed by atoms with van der Waals surface area (Å²) in [7, 11) is 0. The largest absolute Gasteiger partial charge is 0.494 e. The first-order chi connectivity index (χ1) is 22.0. The van der Waals surface area contributed by atoms with Crippen molar-refractivity contribution < 1.29 is 23.8 Å². The van der Waals surface area contributed by atoms with Gasteiger partial charge in [-0.15, -0.1) is 0 Å². The van der Waals surface area contributed by atoms with Crippen molar-refractivity contribution >= 4 is 45.4 Å². The number of nitrogens with zero attached hydrogens (tertiary/aromatic N) is 1. The Labute approximate surface area is 264 Å². The minimum absolute atomic E-state index is 0.352. The van der Waals surface area contributed by atoms with Crippen LogP contribution in [0.1, 0.15) is 43.2 Å². The summed E-state index contributed by atoms with van der Waals surface area (Å²) in [4.78, 5) is 26.6. The van der Waals surface area contributed by atoms with Gasteiger partial charge in [0, 0.05) is 29.5 Å². The van der Waals surface area contributed by atoms with Crippen LogP contribution < -0.4 is 4.74 Å². The van der Waals surface area contributed by atoms with E-state index in [1.807, 2.05) is 79.0 Å². The van der Waals surface area contributed by atoms with E-state index in [4.69, 9.17) is 14.2 Å². The van der Waals surface area contributed by atoms with Gasteiger partial charge in [-0.2, -0.15) is 0 Å². The second-order valence-corrected chi connectivity index (χ2v) is 10.1. The Balaban J connectivity index is 1.26. The molecule has 6 nitrogen and oxygen atoms in total. The molecule has 0 radical (unpaired) electrons.